The fraction of sp³-hybridized carbons (Fsp3) is 0.0714. The van der Waals surface area contributed by atoms with Gasteiger partial charge in [-0.05, 0) is 42.8 Å². The van der Waals surface area contributed by atoms with Crippen molar-refractivity contribution in [2.24, 2.45) is 0 Å². The third-order valence-corrected chi connectivity index (χ3v) is 4.07. The van der Waals surface area contributed by atoms with Gasteiger partial charge in [-0.15, -0.1) is 0 Å². The largest absolute Gasteiger partial charge is 0.397 e. The first-order valence-electron chi connectivity index (χ1n) is 5.70. The predicted molar refractivity (Wildman–Crippen MR) is 87.7 cm³/mol. The highest BCUT2D eigenvalue weighted by Gasteiger charge is 2.12. The molecule has 0 heterocycles. The van der Waals surface area contributed by atoms with E-state index >= 15 is 0 Å². The molecule has 104 valence electrons. The fourth-order valence-corrected chi connectivity index (χ4v) is 2.51. The molecule has 0 aliphatic heterocycles. The van der Waals surface area contributed by atoms with Crippen LogP contribution < -0.4 is 11.1 Å². The smallest absolute Gasteiger partial charge is 0.255 e. The van der Waals surface area contributed by atoms with E-state index in [1.807, 2.05) is 25.1 Å². The van der Waals surface area contributed by atoms with Crippen LogP contribution in [0.25, 0.3) is 0 Å². The molecule has 0 spiro atoms. The molecule has 0 saturated carbocycles. The monoisotopic (exact) mass is 372 g/mol. The summed E-state index contributed by atoms with van der Waals surface area (Å²) in [7, 11) is 0. The average molecular weight is 374 g/mol. The second kappa shape index (κ2) is 6.04. The number of nitrogens with one attached hydrogen (secondary N) is 1. The Bertz CT molecular complexity index is 666. The summed E-state index contributed by atoms with van der Waals surface area (Å²) < 4.78 is 0.951. The first kappa shape index (κ1) is 15.2. The number of rotatable bonds is 2. The van der Waals surface area contributed by atoms with E-state index in [0.717, 1.165) is 15.7 Å². The second-order valence-electron chi connectivity index (χ2n) is 4.27. The van der Waals surface area contributed by atoms with Crippen molar-refractivity contribution in [1.82, 2.24) is 0 Å². The zero-order valence-electron chi connectivity index (χ0n) is 10.5. The molecule has 20 heavy (non-hydrogen) atoms. The molecule has 0 atom stereocenters. The minimum atomic E-state index is -0.291. The molecule has 2 aromatic carbocycles. The summed E-state index contributed by atoms with van der Waals surface area (Å²) in [6.45, 7) is 1.91. The first-order valence-corrected chi connectivity index (χ1v) is 7.25. The van der Waals surface area contributed by atoms with E-state index in [9.17, 15) is 4.79 Å². The van der Waals surface area contributed by atoms with Gasteiger partial charge in [-0.2, -0.15) is 0 Å². The number of benzene rings is 2. The van der Waals surface area contributed by atoms with E-state index in [4.69, 9.17) is 28.9 Å². The van der Waals surface area contributed by atoms with Gasteiger partial charge in [-0.3, -0.25) is 4.79 Å². The van der Waals surface area contributed by atoms with E-state index in [0.29, 0.717) is 5.56 Å². The van der Waals surface area contributed by atoms with Crippen molar-refractivity contribution in [3.8, 4) is 0 Å². The summed E-state index contributed by atoms with van der Waals surface area (Å²) in [6, 6.07) is 8.57. The molecule has 2 aromatic rings. The number of anilines is 2. The first-order chi connectivity index (χ1) is 9.38. The van der Waals surface area contributed by atoms with Gasteiger partial charge in [0.15, 0.2) is 0 Å². The van der Waals surface area contributed by atoms with E-state index < -0.39 is 0 Å². The maximum absolute atomic E-state index is 12.2. The summed E-state index contributed by atoms with van der Waals surface area (Å²) in [5.41, 5.74) is 8.01. The van der Waals surface area contributed by atoms with Crippen LogP contribution >= 0.6 is 39.1 Å². The van der Waals surface area contributed by atoms with Crippen LogP contribution in [-0.4, -0.2) is 5.91 Å². The molecule has 2 rings (SSSR count). The van der Waals surface area contributed by atoms with Crippen LogP contribution in [0.5, 0.6) is 0 Å². The van der Waals surface area contributed by atoms with E-state index in [1.54, 1.807) is 0 Å². The molecule has 0 radical (unpaired) electrons. The van der Waals surface area contributed by atoms with Crippen LogP contribution in [0, 0.1) is 6.92 Å². The Morgan fingerprint density at radius 2 is 1.95 bits per heavy atom. The van der Waals surface area contributed by atoms with Crippen LogP contribution in [0.2, 0.25) is 10.0 Å². The molecule has 1 amide bonds. The molecule has 0 aliphatic carbocycles. The van der Waals surface area contributed by atoms with E-state index in [-0.39, 0.29) is 21.6 Å². The molecule has 6 heteroatoms. The minimum absolute atomic E-state index is 0.253. The van der Waals surface area contributed by atoms with Crippen molar-refractivity contribution in [1.29, 1.82) is 0 Å². The van der Waals surface area contributed by atoms with Crippen LogP contribution in [0.4, 0.5) is 11.4 Å². The van der Waals surface area contributed by atoms with Crippen LogP contribution in [0.1, 0.15) is 15.9 Å². The maximum Gasteiger partial charge on any atom is 0.255 e. The third-order valence-electron chi connectivity index (χ3n) is 2.76. The number of aryl methyl sites for hydroxylation is 1. The Balaban J connectivity index is 2.28. The van der Waals surface area contributed by atoms with Crippen LogP contribution in [-0.2, 0) is 0 Å². The number of hydrogen-bond acceptors (Lipinski definition) is 2. The molecule has 0 fully saturated rings. The lowest BCUT2D eigenvalue weighted by molar-refractivity contribution is 0.102. The summed E-state index contributed by atoms with van der Waals surface area (Å²) in [5, 5.41) is 3.32. The number of nitrogens with two attached hydrogens (primary N) is 1. The van der Waals surface area contributed by atoms with Gasteiger partial charge in [0.05, 0.1) is 15.7 Å². The molecule has 0 bridgehead atoms. The lowest BCUT2D eigenvalue weighted by atomic mass is 10.1. The maximum atomic E-state index is 12.2. The van der Waals surface area contributed by atoms with Gasteiger partial charge in [0.1, 0.15) is 0 Å². The minimum Gasteiger partial charge on any atom is -0.397 e. The Morgan fingerprint density at radius 3 is 2.55 bits per heavy atom. The molecular formula is C14H11BrCl2N2O. The number of carbonyl (C=O) groups is 1. The summed E-state index contributed by atoms with van der Waals surface area (Å²) in [6.07, 6.45) is 0. The molecule has 0 saturated heterocycles. The lowest BCUT2D eigenvalue weighted by Crippen LogP contribution is -2.13. The highest BCUT2D eigenvalue weighted by atomic mass is 79.9. The van der Waals surface area contributed by atoms with E-state index in [2.05, 4.69) is 21.2 Å². The van der Waals surface area contributed by atoms with Crippen molar-refractivity contribution in [3.05, 3.63) is 56.0 Å². The van der Waals surface area contributed by atoms with Crippen LogP contribution in [0.15, 0.2) is 34.8 Å². The summed E-state index contributed by atoms with van der Waals surface area (Å²) in [4.78, 5) is 12.2. The third kappa shape index (κ3) is 3.26. The summed E-state index contributed by atoms with van der Waals surface area (Å²) >= 11 is 15.2. The molecule has 0 aromatic heterocycles. The highest BCUT2D eigenvalue weighted by molar-refractivity contribution is 9.10. The average Bonchev–Trinajstić information content (AvgIpc) is 2.38. The Hall–Kier alpha value is -1.23. The van der Waals surface area contributed by atoms with Gasteiger partial charge in [0.2, 0.25) is 0 Å². The van der Waals surface area contributed by atoms with Crippen LogP contribution in [0.3, 0.4) is 0 Å². The number of carbonyl (C=O) groups excluding carboxylic acids is 1. The zero-order chi connectivity index (χ0) is 14.9. The fourth-order valence-electron chi connectivity index (χ4n) is 1.70. The Kier molecular flexibility index (Phi) is 4.58. The van der Waals surface area contributed by atoms with E-state index in [1.165, 1.54) is 12.1 Å². The Labute approximate surface area is 135 Å². The predicted octanol–water partition coefficient (Wildman–Crippen LogP) is 4.90. The lowest BCUT2D eigenvalue weighted by Gasteiger charge is -2.10. The second-order valence-corrected chi connectivity index (χ2v) is 5.98. The van der Waals surface area contributed by atoms with Gasteiger partial charge in [-0.1, -0.05) is 39.1 Å². The standard InChI is InChI=1S/C14H11BrCl2N2O/c1-7-4-9(15)2-3-12(7)19-14(20)8-5-10(16)13(17)11(18)6-8/h2-6H,18H2,1H3,(H,19,20). The number of halogens is 3. The van der Waals surface area contributed by atoms with Crippen molar-refractivity contribution < 1.29 is 4.79 Å². The molecule has 0 unspecified atom stereocenters. The molecule has 3 N–H and O–H groups in total. The Morgan fingerprint density at radius 1 is 1.25 bits per heavy atom. The summed E-state index contributed by atoms with van der Waals surface area (Å²) in [5.74, 6) is -0.291. The van der Waals surface area contributed by atoms with Gasteiger partial charge in [0, 0.05) is 15.7 Å². The zero-order valence-corrected chi connectivity index (χ0v) is 13.6. The number of amides is 1. The quantitative estimate of drug-likeness (QED) is 0.735. The highest BCUT2D eigenvalue weighted by Crippen LogP contribution is 2.30. The van der Waals surface area contributed by atoms with Crippen molar-refractivity contribution in [2.45, 2.75) is 6.92 Å². The number of nitrogen functional groups attached to an aromatic ring is 1. The normalized spacial score (nSPS) is 10.4. The number of hydrogen-bond donors (Lipinski definition) is 2. The van der Waals surface area contributed by atoms with Gasteiger partial charge in [0.25, 0.3) is 5.91 Å². The van der Waals surface area contributed by atoms with Crippen molar-refractivity contribution in [2.75, 3.05) is 11.1 Å². The SMILES string of the molecule is Cc1cc(Br)ccc1NC(=O)c1cc(N)c(Cl)c(Cl)c1. The van der Waals surface area contributed by atoms with Gasteiger partial charge in [-0.25, -0.2) is 0 Å². The topological polar surface area (TPSA) is 55.1 Å². The van der Waals surface area contributed by atoms with Crippen molar-refractivity contribution in [3.63, 3.8) is 0 Å². The van der Waals surface area contributed by atoms with Gasteiger partial charge < -0.3 is 11.1 Å². The van der Waals surface area contributed by atoms with Gasteiger partial charge >= 0.3 is 0 Å². The molecule has 3 nitrogen and oxygen atoms in total. The molecular weight excluding hydrogens is 363 g/mol. The van der Waals surface area contributed by atoms with Crippen molar-refractivity contribution >= 4 is 56.4 Å². The molecule has 0 aliphatic rings.